The van der Waals surface area contributed by atoms with Gasteiger partial charge in [0, 0.05) is 24.0 Å². The molecule has 0 saturated heterocycles. The highest BCUT2D eigenvalue weighted by molar-refractivity contribution is 6.32. The van der Waals surface area contributed by atoms with E-state index < -0.39 is 6.04 Å². The fraction of sp³-hybridized carbons (Fsp3) is 0.179. The second-order valence-corrected chi connectivity index (χ2v) is 8.89. The monoisotopic (exact) mass is 502 g/mol. The van der Waals surface area contributed by atoms with E-state index in [1.165, 1.54) is 7.11 Å². The largest absolute Gasteiger partial charge is 0.493 e. The molecule has 0 fully saturated rings. The number of carbonyl (C=O) groups excluding carboxylic acids is 1. The summed E-state index contributed by atoms with van der Waals surface area (Å²) in [6.07, 6.45) is 4.99. The number of nitrogens with zero attached hydrogens (tertiary/aromatic N) is 2. The number of benzene rings is 2. The van der Waals surface area contributed by atoms with Gasteiger partial charge in [-0.05, 0) is 53.9 Å². The van der Waals surface area contributed by atoms with Crippen LogP contribution in [0, 0.1) is 6.92 Å². The summed E-state index contributed by atoms with van der Waals surface area (Å²) in [4.78, 5) is 33.2. The Hall–Kier alpha value is -4.10. The van der Waals surface area contributed by atoms with Gasteiger partial charge in [0.2, 0.25) is 5.76 Å². The molecule has 0 N–H and O–H groups in total. The third kappa shape index (κ3) is 4.01. The van der Waals surface area contributed by atoms with Crippen LogP contribution in [0.1, 0.15) is 38.9 Å². The van der Waals surface area contributed by atoms with E-state index in [0.717, 1.165) is 11.1 Å². The Kier molecular flexibility index (Phi) is 6.24. The Bertz CT molecular complexity index is 1550. The molecule has 0 bridgehead atoms. The lowest BCUT2D eigenvalue weighted by Gasteiger charge is -2.25. The van der Waals surface area contributed by atoms with Crippen LogP contribution in [-0.4, -0.2) is 29.5 Å². The van der Waals surface area contributed by atoms with E-state index in [-0.39, 0.29) is 29.2 Å². The van der Waals surface area contributed by atoms with Gasteiger partial charge in [-0.1, -0.05) is 36.4 Å². The number of methoxy groups -OCH3 is 1. The Balaban J connectivity index is 1.71. The van der Waals surface area contributed by atoms with Crippen LogP contribution in [0.3, 0.4) is 0 Å². The van der Waals surface area contributed by atoms with E-state index in [4.69, 9.17) is 25.5 Å². The van der Waals surface area contributed by atoms with Crippen LogP contribution in [0.15, 0.2) is 76.7 Å². The minimum absolute atomic E-state index is 0.0223. The SMILES string of the molecule is C=CCOc1ccc(C2c3c(oc4cc(C)c(Cl)cc4c3=O)C(=O)N2Cc2cccnc2)cc1OC. The van der Waals surface area contributed by atoms with Crippen LogP contribution in [0.2, 0.25) is 5.02 Å². The van der Waals surface area contributed by atoms with Crippen molar-refractivity contribution in [3.8, 4) is 11.5 Å². The summed E-state index contributed by atoms with van der Waals surface area (Å²) in [5, 5.41) is 0.775. The van der Waals surface area contributed by atoms with Gasteiger partial charge in [0.15, 0.2) is 16.9 Å². The number of carbonyl (C=O) groups is 1. The van der Waals surface area contributed by atoms with E-state index >= 15 is 0 Å². The van der Waals surface area contributed by atoms with E-state index in [0.29, 0.717) is 39.7 Å². The average molecular weight is 503 g/mol. The Morgan fingerprint density at radius 3 is 2.75 bits per heavy atom. The van der Waals surface area contributed by atoms with Crippen molar-refractivity contribution in [2.24, 2.45) is 0 Å². The molecular weight excluding hydrogens is 480 g/mol. The van der Waals surface area contributed by atoms with E-state index in [1.54, 1.807) is 53.7 Å². The number of halogens is 1. The van der Waals surface area contributed by atoms with Gasteiger partial charge in [0.1, 0.15) is 12.2 Å². The Labute approximate surface area is 212 Å². The van der Waals surface area contributed by atoms with Gasteiger partial charge in [-0.25, -0.2) is 0 Å². The lowest BCUT2D eigenvalue weighted by Crippen LogP contribution is -2.29. The van der Waals surface area contributed by atoms with Crippen LogP contribution in [0.25, 0.3) is 11.0 Å². The number of rotatable bonds is 7. The second-order valence-electron chi connectivity index (χ2n) is 8.48. The van der Waals surface area contributed by atoms with Gasteiger partial charge < -0.3 is 18.8 Å². The van der Waals surface area contributed by atoms with Crippen molar-refractivity contribution in [1.82, 2.24) is 9.88 Å². The van der Waals surface area contributed by atoms with Crippen LogP contribution in [0.4, 0.5) is 0 Å². The standard InChI is InChI=1S/C28H23ClN2O5/c1-4-10-35-21-8-7-18(12-23(21)34-3)25-24-26(32)19-13-20(29)16(2)11-22(19)36-27(24)28(33)31(25)15-17-6-5-9-30-14-17/h4-9,11-14,25H,1,10,15H2,2-3H3. The molecule has 0 saturated carbocycles. The predicted molar refractivity (Wildman–Crippen MR) is 137 cm³/mol. The Morgan fingerprint density at radius 1 is 1.19 bits per heavy atom. The van der Waals surface area contributed by atoms with Crippen molar-refractivity contribution in [2.75, 3.05) is 13.7 Å². The van der Waals surface area contributed by atoms with Gasteiger partial charge in [-0.3, -0.25) is 14.6 Å². The lowest BCUT2D eigenvalue weighted by molar-refractivity contribution is 0.0714. The molecule has 1 amide bonds. The normalized spacial score (nSPS) is 14.7. The maximum Gasteiger partial charge on any atom is 0.291 e. The summed E-state index contributed by atoms with van der Waals surface area (Å²) in [5.41, 5.74) is 2.53. The highest BCUT2D eigenvalue weighted by atomic mass is 35.5. The van der Waals surface area contributed by atoms with Crippen molar-refractivity contribution < 1.29 is 18.7 Å². The summed E-state index contributed by atoms with van der Waals surface area (Å²) in [5.74, 6) is 0.642. The van der Waals surface area contributed by atoms with Crippen molar-refractivity contribution >= 4 is 28.5 Å². The molecule has 4 aromatic rings. The Morgan fingerprint density at radius 2 is 2.03 bits per heavy atom. The highest BCUT2D eigenvalue weighted by Crippen LogP contribution is 2.42. The molecule has 3 heterocycles. The van der Waals surface area contributed by atoms with Crippen molar-refractivity contribution in [3.63, 3.8) is 0 Å². The molecule has 0 radical (unpaired) electrons. The number of aromatic nitrogens is 1. The van der Waals surface area contributed by atoms with Crippen LogP contribution < -0.4 is 14.9 Å². The van der Waals surface area contributed by atoms with Crippen LogP contribution in [0.5, 0.6) is 11.5 Å². The molecule has 0 spiro atoms. The zero-order valence-electron chi connectivity index (χ0n) is 19.8. The van der Waals surface area contributed by atoms with Gasteiger partial charge in [-0.15, -0.1) is 0 Å². The quantitative estimate of drug-likeness (QED) is 0.312. The third-order valence-corrected chi connectivity index (χ3v) is 6.59. The first-order valence-corrected chi connectivity index (χ1v) is 11.7. The molecule has 1 aliphatic rings. The summed E-state index contributed by atoms with van der Waals surface area (Å²) in [6, 6.07) is 11.6. The summed E-state index contributed by atoms with van der Waals surface area (Å²) in [6.45, 7) is 6.03. The third-order valence-electron chi connectivity index (χ3n) is 6.18. The molecule has 7 nitrogen and oxygen atoms in total. The number of ether oxygens (including phenoxy) is 2. The maximum absolute atomic E-state index is 13.8. The second kappa shape index (κ2) is 9.51. The van der Waals surface area contributed by atoms with E-state index in [9.17, 15) is 9.59 Å². The summed E-state index contributed by atoms with van der Waals surface area (Å²) < 4.78 is 17.3. The number of hydrogen-bond acceptors (Lipinski definition) is 6. The first-order valence-electron chi connectivity index (χ1n) is 11.3. The smallest absolute Gasteiger partial charge is 0.291 e. The molecule has 0 aliphatic carbocycles. The molecule has 2 aromatic carbocycles. The number of pyridine rings is 1. The fourth-order valence-electron chi connectivity index (χ4n) is 4.46. The minimum Gasteiger partial charge on any atom is -0.493 e. The number of amides is 1. The fourth-order valence-corrected chi connectivity index (χ4v) is 4.62. The lowest BCUT2D eigenvalue weighted by atomic mass is 9.97. The number of fused-ring (bicyclic) bond motifs is 2. The van der Waals surface area contributed by atoms with Gasteiger partial charge in [0.05, 0.1) is 24.1 Å². The topological polar surface area (TPSA) is 81.9 Å². The summed E-state index contributed by atoms with van der Waals surface area (Å²) in [7, 11) is 1.53. The van der Waals surface area contributed by atoms with Crippen molar-refractivity contribution in [1.29, 1.82) is 0 Å². The molecule has 8 heteroatoms. The highest BCUT2D eigenvalue weighted by Gasteiger charge is 2.43. The average Bonchev–Trinajstić information content (AvgIpc) is 3.16. The first-order chi connectivity index (χ1) is 17.4. The van der Waals surface area contributed by atoms with Crippen LogP contribution in [-0.2, 0) is 6.54 Å². The first kappa shape index (κ1) is 23.6. The van der Waals surface area contributed by atoms with Gasteiger partial charge in [-0.2, -0.15) is 0 Å². The molecule has 1 aliphatic heterocycles. The zero-order chi connectivity index (χ0) is 25.4. The molecule has 1 unspecified atom stereocenters. The van der Waals surface area contributed by atoms with E-state index in [2.05, 4.69) is 11.6 Å². The van der Waals surface area contributed by atoms with Crippen molar-refractivity contribution in [2.45, 2.75) is 19.5 Å². The summed E-state index contributed by atoms with van der Waals surface area (Å²) >= 11 is 6.32. The van der Waals surface area contributed by atoms with Crippen LogP contribution >= 0.6 is 11.6 Å². The molecular formula is C28H23ClN2O5. The zero-order valence-corrected chi connectivity index (χ0v) is 20.5. The molecule has 5 rings (SSSR count). The predicted octanol–water partition coefficient (Wildman–Crippen LogP) is 5.47. The molecule has 182 valence electrons. The van der Waals surface area contributed by atoms with Gasteiger partial charge in [0.25, 0.3) is 5.91 Å². The van der Waals surface area contributed by atoms with E-state index in [1.807, 2.05) is 19.1 Å². The number of aryl methyl sites for hydroxylation is 1. The molecule has 2 aromatic heterocycles. The van der Waals surface area contributed by atoms with Gasteiger partial charge >= 0.3 is 0 Å². The van der Waals surface area contributed by atoms with Crippen molar-refractivity contribution in [3.05, 3.63) is 111 Å². The molecule has 1 atom stereocenters. The molecule has 36 heavy (non-hydrogen) atoms. The number of hydrogen-bond donors (Lipinski definition) is 0. The minimum atomic E-state index is -0.712. The maximum atomic E-state index is 13.8.